The zero-order chi connectivity index (χ0) is 19.8. The Labute approximate surface area is 167 Å². The summed E-state index contributed by atoms with van der Waals surface area (Å²) in [5.41, 5.74) is 5.61. The Hall–Kier alpha value is -2.70. The van der Waals surface area contributed by atoms with Crippen LogP contribution < -0.4 is 20.3 Å². The number of amides is 2. The third-order valence-corrected chi connectivity index (χ3v) is 3.91. The van der Waals surface area contributed by atoms with Gasteiger partial charge in [0.1, 0.15) is 0 Å². The minimum Gasteiger partial charge on any atom is -0.493 e. The van der Waals surface area contributed by atoms with E-state index in [1.165, 1.54) is 19.3 Å². The number of halogens is 2. The Morgan fingerprint density at radius 2 is 1.81 bits per heavy atom. The van der Waals surface area contributed by atoms with Crippen LogP contribution in [0, 0.1) is 0 Å². The van der Waals surface area contributed by atoms with E-state index in [9.17, 15) is 9.59 Å². The number of hydrogen-bond acceptors (Lipinski definition) is 4. The number of hydrazine groups is 1. The van der Waals surface area contributed by atoms with Crippen molar-refractivity contribution < 1.29 is 19.1 Å². The summed E-state index contributed by atoms with van der Waals surface area (Å²) in [6, 6.07) is 9.60. The van der Waals surface area contributed by atoms with E-state index >= 15 is 0 Å². The molecule has 2 amide bonds. The minimum absolute atomic E-state index is 0.367. The van der Waals surface area contributed by atoms with Crippen LogP contribution in [0.2, 0.25) is 10.0 Å². The van der Waals surface area contributed by atoms with Gasteiger partial charge in [0.05, 0.1) is 18.7 Å². The number of carbonyl (C=O) groups excluding carboxylic acids is 2. The molecule has 142 valence electrons. The van der Waals surface area contributed by atoms with Crippen LogP contribution in [0.3, 0.4) is 0 Å². The predicted octanol–water partition coefficient (Wildman–Crippen LogP) is 3.88. The molecule has 2 N–H and O–H groups in total. The average Bonchev–Trinajstić information content (AvgIpc) is 2.66. The first-order valence-electron chi connectivity index (χ1n) is 7.99. The van der Waals surface area contributed by atoms with Crippen molar-refractivity contribution in [3.05, 3.63) is 63.6 Å². The molecule has 0 spiro atoms. The van der Waals surface area contributed by atoms with Crippen LogP contribution in [0.4, 0.5) is 0 Å². The van der Waals surface area contributed by atoms with Gasteiger partial charge in [-0.25, -0.2) is 0 Å². The molecular formula is C19H18Cl2N2O4. The Morgan fingerprint density at radius 1 is 1.11 bits per heavy atom. The van der Waals surface area contributed by atoms with Crippen molar-refractivity contribution in [1.82, 2.24) is 10.9 Å². The number of methoxy groups -OCH3 is 1. The van der Waals surface area contributed by atoms with Crippen molar-refractivity contribution in [2.24, 2.45) is 0 Å². The molecule has 0 aliphatic carbocycles. The van der Waals surface area contributed by atoms with Gasteiger partial charge in [-0.3, -0.25) is 20.4 Å². The second-order valence-corrected chi connectivity index (χ2v) is 6.09. The second-order valence-electron chi connectivity index (χ2n) is 5.25. The molecule has 8 heteroatoms. The molecule has 0 radical (unpaired) electrons. The third-order valence-electron chi connectivity index (χ3n) is 3.37. The Balaban J connectivity index is 1.99. The molecule has 0 aliphatic heterocycles. The Kier molecular flexibility index (Phi) is 7.52. The summed E-state index contributed by atoms with van der Waals surface area (Å²) in [7, 11) is 1.50. The number of nitrogens with one attached hydrogen (secondary N) is 2. The van der Waals surface area contributed by atoms with Crippen molar-refractivity contribution in [2.45, 2.75) is 6.92 Å². The topological polar surface area (TPSA) is 76.7 Å². The van der Waals surface area contributed by atoms with E-state index in [2.05, 4.69) is 10.9 Å². The van der Waals surface area contributed by atoms with Gasteiger partial charge >= 0.3 is 0 Å². The molecule has 2 aromatic carbocycles. The highest BCUT2D eigenvalue weighted by Gasteiger charge is 2.11. The molecule has 2 rings (SSSR count). The summed E-state index contributed by atoms with van der Waals surface area (Å²) in [5, 5.41) is 0.885. The van der Waals surface area contributed by atoms with Crippen molar-refractivity contribution in [2.75, 3.05) is 13.7 Å². The number of ether oxygens (including phenoxy) is 2. The van der Waals surface area contributed by atoms with Gasteiger partial charge in [-0.2, -0.15) is 0 Å². The first kappa shape index (κ1) is 20.6. The van der Waals surface area contributed by atoms with E-state index < -0.39 is 11.8 Å². The lowest BCUT2D eigenvalue weighted by atomic mass is 10.2. The lowest BCUT2D eigenvalue weighted by molar-refractivity contribution is -0.117. The van der Waals surface area contributed by atoms with Crippen LogP contribution in [0.5, 0.6) is 11.5 Å². The molecule has 0 saturated carbocycles. The highest BCUT2D eigenvalue weighted by Crippen LogP contribution is 2.36. The van der Waals surface area contributed by atoms with Gasteiger partial charge in [-0.1, -0.05) is 23.2 Å². The van der Waals surface area contributed by atoms with Crippen molar-refractivity contribution in [1.29, 1.82) is 0 Å². The summed E-state index contributed by atoms with van der Waals surface area (Å²) < 4.78 is 10.7. The lowest BCUT2D eigenvalue weighted by Crippen LogP contribution is -2.40. The van der Waals surface area contributed by atoms with Crippen molar-refractivity contribution in [3.8, 4) is 11.5 Å². The molecule has 0 saturated heterocycles. The standard InChI is InChI=1S/C19H18Cl2N2O4/c1-3-27-18-15(21)10-12(11-16(18)26-2)4-9-17(24)22-23-19(25)13-5-7-14(20)8-6-13/h4-11H,3H2,1-2H3,(H,22,24)(H,23,25)/b9-4+. The third kappa shape index (κ3) is 5.91. The molecular weight excluding hydrogens is 391 g/mol. The van der Waals surface area contributed by atoms with Gasteiger partial charge < -0.3 is 9.47 Å². The van der Waals surface area contributed by atoms with Gasteiger partial charge in [0.25, 0.3) is 11.8 Å². The summed E-state index contributed by atoms with van der Waals surface area (Å²) in [6.45, 7) is 2.28. The van der Waals surface area contributed by atoms with Gasteiger partial charge in [0.2, 0.25) is 0 Å². The number of hydrogen-bond donors (Lipinski definition) is 2. The smallest absolute Gasteiger partial charge is 0.269 e. The maximum absolute atomic E-state index is 11.9. The van der Waals surface area contributed by atoms with E-state index in [1.54, 1.807) is 36.4 Å². The van der Waals surface area contributed by atoms with Crippen LogP contribution in [0.25, 0.3) is 6.08 Å². The Bertz CT molecular complexity index is 852. The molecule has 6 nitrogen and oxygen atoms in total. The van der Waals surface area contributed by atoms with Crippen molar-refractivity contribution in [3.63, 3.8) is 0 Å². The molecule has 0 heterocycles. The highest BCUT2D eigenvalue weighted by molar-refractivity contribution is 6.32. The Morgan fingerprint density at radius 3 is 2.44 bits per heavy atom. The number of benzene rings is 2. The SMILES string of the molecule is CCOc1c(Cl)cc(/C=C/C(=O)NNC(=O)c2ccc(Cl)cc2)cc1OC. The quantitative estimate of drug-likeness (QED) is 0.561. The zero-order valence-corrected chi connectivity index (χ0v) is 16.2. The average molecular weight is 409 g/mol. The van der Waals surface area contributed by atoms with E-state index in [-0.39, 0.29) is 0 Å². The van der Waals surface area contributed by atoms with Crippen LogP contribution in [-0.4, -0.2) is 25.5 Å². The fraction of sp³-hybridized carbons (Fsp3) is 0.158. The van der Waals surface area contributed by atoms with E-state index in [4.69, 9.17) is 32.7 Å². The predicted molar refractivity (Wildman–Crippen MR) is 105 cm³/mol. The molecule has 0 aliphatic rings. The van der Waals surface area contributed by atoms with E-state index in [1.807, 2.05) is 6.92 Å². The zero-order valence-electron chi connectivity index (χ0n) is 14.7. The van der Waals surface area contributed by atoms with Gasteiger partial charge in [0.15, 0.2) is 11.5 Å². The molecule has 27 heavy (non-hydrogen) atoms. The van der Waals surface area contributed by atoms with Crippen molar-refractivity contribution >= 4 is 41.1 Å². The largest absolute Gasteiger partial charge is 0.493 e. The molecule has 0 bridgehead atoms. The normalized spacial score (nSPS) is 10.5. The summed E-state index contributed by atoms with van der Waals surface area (Å²) in [5.74, 6) is -0.0700. The summed E-state index contributed by atoms with van der Waals surface area (Å²) in [4.78, 5) is 23.8. The summed E-state index contributed by atoms with van der Waals surface area (Å²) in [6.07, 6.45) is 2.79. The van der Waals surface area contributed by atoms with E-state index in [0.717, 1.165) is 0 Å². The number of carbonyl (C=O) groups is 2. The van der Waals surface area contributed by atoms with Crippen LogP contribution in [0.1, 0.15) is 22.8 Å². The molecule has 0 aromatic heterocycles. The fourth-order valence-corrected chi connectivity index (χ4v) is 2.53. The van der Waals surface area contributed by atoms with Crippen LogP contribution in [-0.2, 0) is 4.79 Å². The molecule has 2 aromatic rings. The van der Waals surface area contributed by atoms with Crippen LogP contribution in [0.15, 0.2) is 42.5 Å². The first-order chi connectivity index (χ1) is 12.9. The maximum atomic E-state index is 11.9. The molecule has 0 atom stereocenters. The number of rotatable bonds is 6. The van der Waals surface area contributed by atoms with Gasteiger partial charge in [-0.05, 0) is 55.0 Å². The van der Waals surface area contributed by atoms with Gasteiger partial charge in [0, 0.05) is 16.7 Å². The van der Waals surface area contributed by atoms with E-state index in [0.29, 0.717) is 39.3 Å². The van der Waals surface area contributed by atoms with Gasteiger partial charge in [-0.15, -0.1) is 0 Å². The minimum atomic E-state index is -0.513. The lowest BCUT2D eigenvalue weighted by Gasteiger charge is -2.11. The fourth-order valence-electron chi connectivity index (χ4n) is 2.13. The molecule has 0 unspecified atom stereocenters. The monoisotopic (exact) mass is 408 g/mol. The molecule has 0 fully saturated rings. The highest BCUT2D eigenvalue weighted by atomic mass is 35.5. The van der Waals surface area contributed by atoms with Crippen LogP contribution >= 0.6 is 23.2 Å². The summed E-state index contributed by atoms with van der Waals surface area (Å²) >= 11 is 11.9. The maximum Gasteiger partial charge on any atom is 0.269 e. The first-order valence-corrected chi connectivity index (χ1v) is 8.74. The second kappa shape index (κ2) is 9.85.